The van der Waals surface area contributed by atoms with Gasteiger partial charge in [0.2, 0.25) is 0 Å². The van der Waals surface area contributed by atoms with Crippen LogP contribution in [-0.2, 0) is 13.5 Å². The molecule has 0 aromatic carbocycles. The van der Waals surface area contributed by atoms with Crippen molar-refractivity contribution in [3.63, 3.8) is 0 Å². The van der Waals surface area contributed by atoms with Crippen LogP contribution in [0.5, 0.6) is 0 Å². The third-order valence-electron chi connectivity index (χ3n) is 2.84. The van der Waals surface area contributed by atoms with Gasteiger partial charge >= 0.3 is 0 Å². The van der Waals surface area contributed by atoms with E-state index >= 15 is 0 Å². The van der Waals surface area contributed by atoms with Crippen molar-refractivity contribution in [1.29, 1.82) is 0 Å². The molecule has 6 heteroatoms. The summed E-state index contributed by atoms with van der Waals surface area (Å²) in [5, 5.41) is 11.9. The third kappa shape index (κ3) is 3.14. The Hall–Kier alpha value is -1.27. The summed E-state index contributed by atoms with van der Waals surface area (Å²) < 4.78 is 5.87. The first-order valence-corrected chi connectivity index (χ1v) is 6.97. The van der Waals surface area contributed by atoms with E-state index in [2.05, 4.69) is 33.1 Å². The SMILES string of the molecule is CCCNC(Cc1cnn(C)c1)c1snnc1C. The topological polar surface area (TPSA) is 55.6 Å². The van der Waals surface area contributed by atoms with Gasteiger partial charge in [0.1, 0.15) is 0 Å². The van der Waals surface area contributed by atoms with Crippen LogP contribution in [0.25, 0.3) is 0 Å². The molecule has 2 rings (SSSR count). The van der Waals surface area contributed by atoms with E-state index in [0.29, 0.717) is 0 Å². The maximum atomic E-state index is 4.21. The first-order valence-electron chi connectivity index (χ1n) is 6.20. The van der Waals surface area contributed by atoms with Crippen molar-refractivity contribution in [1.82, 2.24) is 24.7 Å². The van der Waals surface area contributed by atoms with Gasteiger partial charge in [0, 0.05) is 19.3 Å². The van der Waals surface area contributed by atoms with Gasteiger partial charge in [0.15, 0.2) is 0 Å². The van der Waals surface area contributed by atoms with Crippen LogP contribution in [-0.4, -0.2) is 25.9 Å². The van der Waals surface area contributed by atoms with E-state index < -0.39 is 0 Å². The summed E-state index contributed by atoms with van der Waals surface area (Å²) in [6.45, 7) is 5.19. The molecule has 0 aliphatic carbocycles. The van der Waals surface area contributed by atoms with E-state index in [1.807, 2.05) is 24.9 Å². The lowest BCUT2D eigenvalue weighted by Gasteiger charge is -2.16. The van der Waals surface area contributed by atoms with Gasteiger partial charge in [-0.25, -0.2) is 0 Å². The van der Waals surface area contributed by atoms with Crippen LogP contribution in [0.4, 0.5) is 0 Å². The second-order valence-electron chi connectivity index (χ2n) is 4.46. The summed E-state index contributed by atoms with van der Waals surface area (Å²) in [6.07, 6.45) is 6.03. The molecular weight excluding hydrogens is 246 g/mol. The van der Waals surface area contributed by atoms with Crippen LogP contribution in [0.1, 0.15) is 35.5 Å². The van der Waals surface area contributed by atoms with Crippen molar-refractivity contribution >= 4 is 11.5 Å². The average molecular weight is 265 g/mol. The molecule has 18 heavy (non-hydrogen) atoms. The standard InChI is InChI=1S/C12H19N5S/c1-4-5-13-11(12-9(2)15-16-18-12)6-10-7-14-17(3)8-10/h7-8,11,13H,4-6H2,1-3H3. The number of nitrogens with one attached hydrogen (secondary N) is 1. The van der Waals surface area contributed by atoms with Crippen LogP contribution in [0, 0.1) is 6.92 Å². The summed E-state index contributed by atoms with van der Waals surface area (Å²) in [5.74, 6) is 0. The maximum absolute atomic E-state index is 4.21. The second-order valence-corrected chi connectivity index (χ2v) is 5.24. The highest BCUT2D eigenvalue weighted by Crippen LogP contribution is 2.23. The molecule has 5 nitrogen and oxygen atoms in total. The van der Waals surface area contributed by atoms with Gasteiger partial charge in [-0.2, -0.15) is 5.10 Å². The van der Waals surface area contributed by atoms with E-state index in [1.165, 1.54) is 22.0 Å². The molecule has 2 heterocycles. The van der Waals surface area contributed by atoms with E-state index in [-0.39, 0.29) is 6.04 Å². The van der Waals surface area contributed by atoms with Crippen molar-refractivity contribution < 1.29 is 0 Å². The first-order chi connectivity index (χ1) is 8.70. The molecule has 0 bridgehead atoms. The molecule has 1 N–H and O–H groups in total. The minimum absolute atomic E-state index is 0.286. The lowest BCUT2D eigenvalue weighted by Crippen LogP contribution is -2.23. The second kappa shape index (κ2) is 6.06. The molecule has 1 atom stereocenters. The highest BCUT2D eigenvalue weighted by Gasteiger charge is 2.17. The van der Waals surface area contributed by atoms with Gasteiger partial charge in [-0.05, 0) is 43.4 Å². The first kappa shape index (κ1) is 13.2. The van der Waals surface area contributed by atoms with Crippen LogP contribution in [0.3, 0.4) is 0 Å². The molecule has 0 spiro atoms. The molecule has 2 aromatic rings. The Labute approximate surface area is 111 Å². The average Bonchev–Trinajstić information content (AvgIpc) is 2.93. The van der Waals surface area contributed by atoms with E-state index in [4.69, 9.17) is 0 Å². The Morgan fingerprint density at radius 3 is 2.89 bits per heavy atom. The Bertz CT molecular complexity index is 490. The zero-order valence-electron chi connectivity index (χ0n) is 11.1. The van der Waals surface area contributed by atoms with E-state index in [1.54, 1.807) is 0 Å². The van der Waals surface area contributed by atoms with Crippen LogP contribution < -0.4 is 5.32 Å². The molecule has 2 aromatic heterocycles. The molecule has 0 amide bonds. The van der Waals surface area contributed by atoms with Crippen molar-refractivity contribution in [2.75, 3.05) is 6.54 Å². The fraction of sp³-hybridized carbons (Fsp3) is 0.583. The van der Waals surface area contributed by atoms with Crippen LogP contribution in [0.2, 0.25) is 0 Å². The molecule has 0 fully saturated rings. The van der Waals surface area contributed by atoms with Crippen LogP contribution in [0.15, 0.2) is 12.4 Å². The zero-order valence-corrected chi connectivity index (χ0v) is 11.9. The van der Waals surface area contributed by atoms with Crippen molar-refractivity contribution in [2.45, 2.75) is 32.7 Å². The predicted molar refractivity (Wildman–Crippen MR) is 72.6 cm³/mol. The normalized spacial score (nSPS) is 12.8. The minimum atomic E-state index is 0.286. The smallest absolute Gasteiger partial charge is 0.0772 e. The number of aryl methyl sites for hydroxylation is 2. The van der Waals surface area contributed by atoms with Crippen molar-refractivity contribution in [3.8, 4) is 0 Å². The Morgan fingerprint density at radius 2 is 2.33 bits per heavy atom. The highest BCUT2D eigenvalue weighted by molar-refractivity contribution is 7.05. The van der Waals surface area contributed by atoms with Gasteiger partial charge in [0.05, 0.1) is 16.8 Å². The Balaban J connectivity index is 2.12. The third-order valence-corrected chi connectivity index (χ3v) is 3.78. The number of hydrogen-bond donors (Lipinski definition) is 1. The number of hydrogen-bond acceptors (Lipinski definition) is 5. The monoisotopic (exact) mass is 265 g/mol. The number of rotatable bonds is 6. The predicted octanol–water partition coefficient (Wildman–Crippen LogP) is 1.86. The number of aromatic nitrogens is 4. The molecule has 0 saturated carbocycles. The van der Waals surface area contributed by atoms with E-state index in [9.17, 15) is 0 Å². The van der Waals surface area contributed by atoms with Crippen molar-refractivity contribution in [3.05, 3.63) is 28.5 Å². The molecule has 0 aliphatic heterocycles. The van der Waals surface area contributed by atoms with Gasteiger partial charge in [-0.15, -0.1) is 5.10 Å². The number of nitrogens with zero attached hydrogens (tertiary/aromatic N) is 4. The van der Waals surface area contributed by atoms with E-state index in [0.717, 1.165) is 25.1 Å². The fourth-order valence-electron chi connectivity index (χ4n) is 1.95. The molecular formula is C12H19N5S. The molecule has 0 aliphatic rings. The van der Waals surface area contributed by atoms with Crippen molar-refractivity contribution in [2.24, 2.45) is 7.05 Å². The maximum Gasteiger partial charge on any atom is 0.0772 e. The summed E-state index contributed by atoms with van der Waals surface area (Å²) in [6, 6.07) is 0.286. The molecule has 0 radical (unpaired) electrons. The summed E-state index contributed by atoms with van der Waals surface area (Å²) in [5.41, 5.74) is 2.26. The van der Waals surface area contributed by atoms with Crippen LogP contribution >= 0.6 is 11.5 Å². The lowest BCUT2D eigenvalue weighted by molar-refractivity contribution is 0.533. The van der Waals surface area contributed by atoms with Gasteiger partial charge in [-0.1, -0.05) is 11.4 Å². The van der Waals surface area contributed by atoms with Gasteiger partial charge in [-0.3, -0.25) is 4.68 Å². The minimum Gasteiger partial charge on any atom is -0.309 e. The molecule has 0 saturated heterocycles. The molecule has 1 unspecified atom stereocenters. The quantitative estimate of drug-likeness (QED) is 0.866. The van der Waals surface area contributed by atoms with Gasteiger partial charge < -0.3 is 5.32 Å². The lowest BCUT2D eigenvalue weighted by atomic mass is 10.1. The summed E-state index contributed by atoms with van der Waals surface area (Å²) in [7, 11) is 1.94. The Morgan fingerprint density at radius 1 is 1.50 bits per heavy atom. The largest absolute Gasteiger partial charge is 0.309 e. The summed E-state index contributed by atoms with van der Waals surface area (Å²) in [4.78, 5) is 1.23. The zero-order chi connectivity index (χ0) is 13.0. The summed E-state index contributed by atoms with van der Waals surface area (Å²) >= 11 is 1.48. The molecule has 98 valence electrons. The fourth-order valence-corrected chi connectivity index (χ4v) is 2.66. The Kier molecular flexibility index (Phi) is 4.43. The van der Waals surface area contributed by atoms with Gasteiger partial charge in [0.25, 0.3) is 0 Å². The highest BCUT2D eigenvalue weighted by atomic mass is 32.1.